The molecule has 0 unspecified atom stereocenters. The molecule has 27 heavy (non-hydrogen) atoms. The lowest BCUT2D eigenvalue weighted by molar-refractivity contribution is -0.160. The van der Waals surface area contributed by atoms with Crippen LogP contribution in [0.1, 0.15) is 43.9 Å². The second-order valence-electron chi connectivity index (χ2n) is 8.33. The number of carbonyl (C=O) groups is 2. The maximum atomic E-state index is 13.2. The average Bonchev–Trinajstić information content (AvgIpc) is 2.98. The molecule has 0 heterocycles. The molecule has 0 saturated carbocycles. The first kappa shape index (κ1) is 19.2. The van der Waals surface area contributed by atoms with Crippen LogP contribution in [0.3, 0.4) is 0 Å². The van der Waals surface area contributed by atoms with Crippen LogP contribution in [0.2, 0.25) is 0 Å². The monoisotopic (exact) mass is 365 g/mol. The predicted octanol–water partition coefficient (Wildman–Crippen LogP) is 3.82. The molecule has 0 atom stereocenters. The van der Waals surface area contributed by atoms with Crippen molar-refractivity contribution >= 4 is 11.9 Å². The van der Waals surface area contributed by atoms with Gasteiger partial charge in [-0.15, -0.1) is 0 Å². The van der Waals surface area contributed by atoms with Gasteiger partial charge in [-0.2, -0.15) is 0 Å². The highest BCUT2D eigenvalue weighted by molar-refractivity contribution is 5.89. The Balaban J connectivity index is 1.78. The minimum Gasteiger partial charge on any atom is -0.460 e. The minimum atomic E-state index is -0.791. The van der Waals surface area contributed by atoms with Crippen molar-refractivity contribution in [1.82, 2.24) is 5.32 Å². The van der Waals surface area contributed by atoms with Crippen molar-refractivity contribution in [3.63, 3.8) is 0 Å². The third kappa shape index (κ3) is 4.76. The smallest absolute Gasteiger partial charge is 0.307 e. The average molecular weight is 365 g/mol. The summed E-state index contributed by atoms with van der Waals surface area (Å²) in [5.74, 6) is -0.418. The van der Waals surface area contributed by atoms with Gasteiger partial charge in [0.05, 0.1) is 11.8 Å². The Morgan fingerprint density at radius 1 is 0.963 bits per heavy atom. The summed E-state index contributed by atoms with van der Waals surface area (Å²) >= 11 is 0. The Bertz CT molecular complexity index is 796. The van der Waals surface area contributed by atoms with Gasteiger partial charge in [-0.1, -0.05) is 54.6 Å². The molecule has 0 aromatic heterocycles. The molecule has 1 N–H and O–H groups in total. The number of benzene rings is 2. The summed E-state index contributed by atoms with van der Waals surface area (Å²) in [7, 11) is 0. The maximum Gasteiger partial charge on any atom is 0.307 e. The highest BCUT2D eigenvalue weighted by Crippen LogP contribution is 2.40. The first-order valence-electron chi connectivity index (χ1n) is 9.38. The number of fused-ring (bicyclic) bond motifs is 1. The molecule has 0 bridgehead atoms. The molecule has 4 heteroatoms. The van der Waals surface area contributed by atoms with Crippen LogP contribution < -0.4 is 5.32 Å². The molecule has 1 aliphatic carbocycles. The fraction of sp³-hybridized carbons (Fsp3) is 0.391. The lowest BCUT2D eigenvalue weighted by Gasteiger charge is -2.29. The fourth-order valence-electron chi connectivity index (χ4n) is 3.68. The Hall–Kier alpha value is -2.62. The predicted molar refractivity (Wildman–Crippen MR) is 105 cm³/mol. The molecule has 4 nitrogen and oxygen atoms in total. The highest BCUT2D eigenvalue weighted by atomic mass is 16.6. The lowest BCUT2D eigenvalue weighted by atomic mass is 9.80. The van der Waals surface area contributed by atoms with Crippen LogP contribution in [0.15, 0.2) is 54.6 Å². The van der Waals surface area contributed by atoms with E-state index in [1.54, 1.807) is 0 Å². The number of esters is 1. The fourth-order valence-corrected chi connectivity index (χ4v) is 3.68. The molecule has 3 rings (SSSR count). The van der Waals surface area contributed by atoms with Gasteiger partial charge in [-0.05, 0) is 50.3 Å². The normalized spacial score (nSPS) is 15.1. The van der Waals surface area contributed by atoms with Gasteiger partial charge < -0.3 is 10.1 Å². The summed E-state index contributed by atoms with van der Waals surface area (Å²) < 4.78 is 5.52. The quantitative estimate of drug-likeness (QED) is 0.820. The summed E-state index contributed by atoms with van der Waals surface area (Å²) in [5, 5.41) is 3.04. The molecule has 0 aliphatic heterocycles. The zero-order valence-electron chi connectivity index (χ0n) is 16.2. The van der Waals surface area contributed by atoms with Gasteiger partial charge in [-0.25, -0.2) is 0 Å². The minimum absolute atomic E-state index is 0.0829. The molecule has 2 aromatic carbocycles. The SMILES string of the molecule is CC(C)(C)OC(=O)CC1(C(=O)NCc2ccccc2)Cc2ccccc2C1. The van der Waals surface area contributed by atoms with Gasteiger partial charge >= 0.3 is 5.97 Å². The van der Waals surface area contributed by atoms with Gasteiger partial charge in [0.1, 0.15) is 5.60 Å². The number of ether oxygens (including phenoxy) is 1. The van der Waals surface area contributed by atoms with Crippen molar-refractivity contribution in [2.45, 2.75) is 52.2 Å². The van der Waals surface area contributed by atoms with Crippen LogP contribution >= 0.6 is 0 Å². The van der Waals surface area contributed by atoms with Crippen LogP contribution in [0.4, 0.5) is 0 Å². The first-order chi connectivity index (χ1) is 12.8. The van der Waals surface area contributed by atoms with Crippen LogP contribution in [0.25, 0.3) is 0 Å². The Morgan fingerprint density at radius 3 is 2.07 bits per heavy atom. The molecule has 1 aliphatic rings. The molecule has 0 fully saturated rings. The maximum absolute atomic E-state index is 13.2. The van der Waals surface area contributed by atoms with Crippen molar-refractivity contribution in [2.75, 3.05) is 0 Å². The summed E-state index contributed by atoms with van der Waals surface area (Å²) in [6.45, 7) is 5.98. The van der Waals surface area contributed by atoms with E-state index >= 15 is 0 Å². The van der Waals surface area contributed by atoms with E-state index in [1.165, 1.54) is 0 Å². The van der Waals surface area contributed by atoms with E-state index in [-0.39, 0.29) is 18.3 Å². The number of nitrogens with one attached hydrogen (secondary N) is 1. The van der Waals surface area contributed by atoms with Crippen LogP contribution in [-0.4, -0.2) is 17.5 Å². The molecule has 0 spiro atoms. The summed E-state index contributed by atoms with van der Waals surface area (Å²) in [4.78, 5) is 25.7. The van der Waals surface area contributed by atoms with E-state index in [0.717, 1.165) is 16.7 Å². The third-order valence-corrected chi connectivity index (χ3v) is 4.86. The van der Waals surface area contributed by atoms with Gasteiger partial charge in [0.15, 0.2) is 0 Å². The van der Waals surface area contributed by atoms with Gasteiger partial charge in [0.2, 0.25) is 5.91 Å². The number of amides is 1. The standard InChI is InChI=1S/C23H27NO3/c1-22(2,3)27-20(25)15-23(13-18-11-7-8-12-19(18)14-23)21(26)24-16-17-9-5-4-6-10-17/h4-12H,13-16H2,1-3H3,(H,24,26). The molecule has 2 aromatic rings. The second kappa shape index (κ2) is 7.55. The van der Waals surface area contributed by atoms with Gasteiger partial charge in [0, 0.05) is 6.54 Å². The number of hydrogen-bond donors (Lipinski definition) is 1. The van der Waals surface area contributed by atoms with E-state index in [1.807, 2.05) is 75.4 Å². The highest BCUT2D eigenvalue weighted by Gasteiger charge is 2.46. The number of hydrogen-bond acceptors (Lipinski definition) is 3. The molecule has 0 saturated heterocycles. The van der Waals surface area contributed by atoms with E-state index in [2.05, 4.69) is 5.32 Å². The topological polar surface area (TPSA) is 55.4 Å². The van der Waals surface area contributed by atoms with Gasteiger partial charge in [-0.3, -0.25) is 9.59 Å². The van der Waals surface area contributed by atoms with Gasteiger partial charge in [0.25, 0.3) is 0 Å². The Kier molecular flexibility index (Phi) is 5.36. The van der Waals surface area contributed by atoms with Crippen LogP contribution in [0.5, 0.6) is 0 Å². The Labute approximate surface area is 160 Å². The molecular weight excluding hydrogens is 338 g/mol. The lowest BCUT2D eigenvalue weighted by Crippen LogP contribution is -2.44. The summed E-state index contributed by atoms with van der Waals surface area (Å²) in [5.41, 5.74) is 1.95. The van der Waals surface area contributed by atoms with Crippen molar-refractivity contribution < 1.29 is 14.3 Å². The van der Waals surface area contributed by atoms with E-state index < -0.39 is 11.0 Å². The van der Waals surface area contributed by atoms with E-state index in [9.17, 15) is 9.59 Å². The summed E-state index contributed by atoms with van der Waals surface area (Å²) in [6, 6.07) is 17.8. The molecule has 1 amide bonds. The largest absolute Gasteiger partial charge is 0.460 e. The number of rotatable bonds is 5. The first-order valence-corrected chi connectivity index (χ1v) is 9.38. The van der Waals surface area contributed by atoms with E-state index in [0.29, 0.717) is 19.4 Å². The molecule has 142 valence electrons. The second-order valence-corrected chi connectivity index (χ2v) is 8.33. The van der Waals surface area contributed by atoms with Crippen LogP contribution in [-0.2, 0) is 33.7 Å². The zero-order valence-corrected chi connectivity index (χ0v) is 16.2. The Morgan fingerprint density at radius 2 is 1.52 bits per heavy atom. The van der Waals surface area contributed by atoms with Crippen molar-refractivity contribution in [1.29, 1.82) is 0 Å². The zero-order chi connectivity index (χ0) is 19.5. The van der Waals surface area contributed by atoms with E-state index in [4.69, 9.17) is 4.74 Å². The van der Waals surface area contributed by atoms with Crippen molar-refractivity contribution in [3.8, 4) is 0 Å². The molecule has 0 radical (unpaired) electrons. The van der Waals surface area contributed by atoms with Crippen molar-refractivity contribution in [2.24, 2.45) is 5.41 Å². The third-order valence-electron chi connectivity index (χ3n) is 4.86. The van der Waals surface area contributed by atoms with Crippen molar-refractivity contribution in [3.05, 3.63) is 71.3 Å². The molecular formula is C23H27NO3. The van der Waals surface area contributed by atoms with Crippen LogP contribution in [0, 0.1) is 5.41 Å². The summed E-state index contributed by atoms with van der Waals surface area (Å²) in [6.07, 6.45) is 1.20. The number of carbonyl (C=O) groups excluding carboxylic acids is 2.